The van der Waals surface area contributed by atoms with E-state index in [0.29, 0.717) is 5.75 Å². The normalized spacial score (nSPS) is 12.3. The van der Waals surface area contributed by atoms with E-state index in [1.807, 2.05) is 66.7 Å². The van der Waals surface area contributed by atoms with Crippen LogP contribution in [0.15, 0.2) is 88.3 Å². The van der Waals surface area contributed by atoms with Gasteiger partial charge >= 0.3 is 5.97 Å². The smallest absolute Gasteiger partial charge is 0.344 e. The molecule has 3 aromatic carbocycles. The molecule has 0 aliphatic carbocycles. The summed E-state index contributed by atoms with van der Waals surface area (Å²) < 4.78 is 11.2. The number of hydrogen-bond acceptors (Lipinski definition) is 4. The second kappa shape index (κ2) is 8.02. The van der Waals surface area contributed by atoms with E-state index < -0.39 is 12.1 Å². The van der Waals surface area contributed by atoms with Crippen LogP contribution in [-0.4, -0.2) is 23.4 Å². The van der Waals surface area contributed by atoms with Gasteiger partial charge in [-0.15, -0.1) is 0 Å². The van der Waals surface area contributed by atoms with Gasteiger partial charge in [0.25, 0.3) is 0 Å². The van der Waals surface area contributed by atoms with E-state index in [1.54, 1.807) is 18.3 Å². The van der Waals surface area contributed by atoms with Crippen LogP contribution in [0.1, 0.15) is 12.5 Å². The zero-order valence-electron chi connectivity index (χ0n) is 15.8. The zero-order valence-corrected chi connectivity index (χ0v) is 15.8. The maximum Gasteiger partial charge on any atom is 0.344 e. The van der Waals surface area contributed by atoms with Gasteiger partial charge in [-0.2, -0.15) is 0 Å². The molecule has 1 atom stereocenters. The number of aliphatic carboxylic acids is 1. The predicted octanol–water partition coefficient (Wildman–Crippen LogP) is 5.70. The first-order chi connectivity index (χ1) is 14.1. The summed E-state index contributed by atoms with van der Waals surface area (Å²) in [7, 11) is 0. The molecule has 5 heteroatoms. The van der Waals surface area contributed by atoms with Crippen LogP contribution in [0, 0.1) is 0 Å². The number of furan rings is 1. The Kier molecular flexibility index (Phi) is 5.12. The number of para-hydroxylation sites is 1. The fourth-order valence-corrected chi connectivity index (χ4v) is 2.87. The maximum atomic E-state index is 10.8. The largest absolute Gasteiger partial charge is 0.479 e. The lowest BCUT2D eigenvalue weighted by molar-refractivity contribution is -0.144. The molecule has 1 N–H and O–H groups in total. The topological polar surface area (TPSA) is 72.0 Å². The number of benzene rings is 3. The quantitative estimate of drug-likeness (QED) is 0.432. The summed E-state index contributed by atoms with van der Waals surface area (Å²) in [5.74, 6) is 0.335. The van der Waals surface area contributed by atoms with Gasteiger partial charge in [-0.25, -0.2) is 4.79 Å². The fourth-order valence-electron chi connectivity index (χ4n) is 2.87. The summed E-state index contributed by atoms with van der Waals surface area (Å²) in [5, 5.41) is 9.96. The van der Waals surface area contributed by atoms with Crippen molar-refractivity contribution in [3.63, 3.8) is 0 Å². The predicted molar refractivity (Wildman–Crippen MR) is 113 cm³/mol. The Balaban J connectivity index is 1.44. The van der Waals surface area contributed by atoms with Crippen LogP contribution < -0.4 is 4.74 Å². The Labute approximate surface area is 167 Å². The number of carboxylic acid groups (broad SMARTS) is 1. The number of fused-ring (bicyclic) bond motifs is 1. The third-order valence-corrected chi connectivity index (χ3v) is 4.48. The van der Waals surface area contributed by atoms with Crippen molar-refractivity contribution in [1.29, 1.82) is 0 Å². The number of nitrogens with zero attached hydrogens (tertiary/aromatic N) is 1. The van der Waals surface area contributed by atoms with E-state index in [2.05, 4.69) is 4.99 Å². The molecule has 0 amide bonds. The highest BCUT2D eigenvalue weighted by Crippen LogP contribution is 2.29. The minimum Gasteiger partial charge on any atom is -0.479 e. The Morgan fingerprint density at radius 3 is 2.45 bits per heavy atom. The molecule has 0 spiro atoms. The van der Waals surface area contributed by atoms with Crippen LogP contribution in [0.3, 0.4) is 0 Å². The van der Waals surface area contributed by atoms with Crippen LogP contribution in [0.4, 0.5) is 5.69 Å². The molecule has 0 radical (unpaired) electrons. The van der Waals surface area contributed by atoms with Crippen molar-refractivity contribution in [3.05, 3.63) is 84.4 Å². The lowest BCUT2D eigenvalue weighted by Crippen LogP contribution is -2.22. The lowest BCUT2D eigenvalue weighted by atomic mass is 10.1. The zero-order chi connectivity index (χ0) is 20.2. The molecule has 144 valence electrons. The molecule has 4 rings (SSSR count). The first-order valence-electron chi connectivity index (χ1n) is 9.21. The molecule has 0 bridgehead atoms. The summed E-state index contributed by atoms with van der Waals surface area (Å²) in [6.45, 7) is 1.49. The molecule has 1 heterocycles. The van der Waals surface area contributed by atoms with Crippen molar-refractivity contribution in [2.45, 2.75) is 13.0 Å². The van der Waals surface area contributed by atoms with E-state index in [0.717, 1.165) is 33.5 Å². The SMILES string of the molecule is C[C@H](Oc1ccc(C=Nc2ccc(-c3cc4ccccc4o3)cc2)cc1)C(=O)O. The fraction of sp³-hybridized carbons (Fsp3) is 0.0833. The van der Waals surface area contributed by atoms with Crippen molar-refractivity contribution in [1.82, 2.24) is 0 Å². The molecular formula is C24H19NO4. The van der Waals surface area contributed by atoms with E-state index in [9.17, 15) is 4.79 Å². The van der Waals surface area contributed by atoms with Gasteiger partial charge in [0.05, 0.1) is 5.69 Å². The second-order valence-corrected chi connectivity index (χ2v) is 6.62. The van der Waals surface area contributed by atoms with Crippen molar-refractivity contribution >= 4 is 28.8 Å². The average Bonchev–Trinajstić information content (AvgIpc) is 3.18. The van der Waals surface area contributed by atoms with Gasteiger partial charge in [-0.3, -0.25) is 4.99 Å². The third-order valence-electron chi connectivity index (χ3n) is 4.48. The molecule has 0 fully saturated rings. The molecule has 0 saturated heterocycles. The maximum absolute atomic E-state index is 10.8. The second-order valence-electron chi connectivity index (χ2n) is 6.62. The Morgan fingerprint density at radius 1 is 1.03 bits per heavy atom. The minimum atomic E-state index is -0.998. The molecule has 0 saturated carbocycles. The van der Waals surface area contributed by atoms with Gasteiger partial charge in [0.15, 0.2) is 6.10 Å². The average molecular weight is 385 g/mol. The summed E-state index contributed by atoms with van der Waals surface area (Å²) >= 11 is 0. The minimum absolute atomic E-state index is 0.507. The molecule has 4 aromatic rings. The third kappa shape index (κ3) is 4.35. The molecule has 0 aliphatic heterocycles. The Bertz CT molecular complexity index is 1120. The summed E-state index contributed by atoms with van der Waals surface area (Å²) in [6.07, 6.45) is 0.862. The highest BCUT2D eigenvalue weighted by molar-refractivity contribution is 5.84. The van der Waals surface area contributed by atoms with E-state index in [1.165, 1.54) is 6.92 Å². The van der Waals surface area contributed by atoms with Gasteiger partial charge < -0.3 is 14.3 Å². The number of aliphatic imine (C=N–C) groups is 1. The van der Waals surface area contributed by atoms with Gasteiger partial charge in [-0.1, -0.05) is 18.2 Å². The number of carboxylic acids is 1. The van der Waals surface area contributed by atoms with Crippen molar-refractivity contribution < 1.29 is 19.1 Å². The summed E-state index contributed by atoms with van der Waals surface area (Å²) in [5.41, 5.74) is 3.58. The number of ether oxygens (including phenoxy) is 1. The highest BCUT2D eigenvalue weighted by Gasteiger charge is 2.11. The van der Waals surface area contributed by atoms with Crippen LogP contribution in [0.5, 0.6) is 5.75 Å². The van der Waals surface area contributed by atoms with E-state index in [4.69, 9.17) is 14.3 Å². The first-order valence-corrected chi connectivity index (χ1v) is 9.21. The highest BCUT2D eigenvalue weighted by atomic mass is 16.5. The number of carbonyl (C=O) groups is 1. The molecular weight excluding hydrogens is 366 g/mol. The van der Waals surface area contributed by atoms with Crippen molar-refractivity contribution in [2.75, 3.05) is 0 Å². The van der Waals surface area contributed by atoms with Crippen molar-refractivity contribution in [3.8, 4) is 17.1 Å². The number of hydrogen-bond donors (Lipinski definition) is 1. The van der Waals surface area contributed by atoms with Crippen LogP contribution in [-0.2, 0) is 4.79 Å². The van der Waals surface area contributed by atoms with Crippen molar-refractivity contribution in [2.24, 2.45) is 4.99 Å². The molecule has 5 nitrogen and oxygen atoms in total. The standard InChI is InChI=1S/C24H19NO4/c1-16(24(26)27)28-21-12-6-17(7-13-21)15-25-20-10-8-18(9-11-20)23-14-19-4-2-3-5-22(19)29-23/h2-16H,1H3,(H,26,27)/t16-/m0/s1. The summed E-state index contributed by atoms with van der Waals surface area (Å²) in [4.78, 5) is 15.3. The first kappa shape index (κ1) is 18.5. The molecule has 0 aliphatic rings. The van der Waals surface area contributed by atoms with E-state index in [-0.39, 0.29) is 0 Å². The molecule has 1 aromatic heterocycles. The summed E-state index contributed by atoms with van der Waals surface area (Å²) in [6, 6.07) is 24.9. The van der Waals surface area contributed by atoms with Gasteiger partial charge in [0.2, 0.25) is 0 Å². The number of rotatable bonds is 6. The Morgan fingerprint density at radius 2 is 1.76 bits per heavy atom. The molecule has 29 heavy (non-hydrogen) atoms. The van der Waals surface area contributed by atoms with Gasteiger partial charge in [0, 0.05) is 17.2 Å². The monoisotopic (exact) mass is 385 g/mol. The van der Waals surface area contributed by atoms with E-state index >= 15 is 0 Å². The lowest BCUT2D eigenvalue weighted by Gasteiger charge is -2.09. The van der Waals surface area contributed by atoms with Crippen LogP contribution >= 0.6 is 0 Å². The van der Waals surface area contributed by atoms with Gasteiger partial charge in [-0.05, 0) is 73.2 Å². The van der Waals surface area contributed by atoms with Gasteiger partial charge in [0.1, 0.15) is 17.1 Å². The van der Waals surface area contributed by atoms with Crippen LogP contribution in [0.2, 0.25) is 0 Å². The van der Waals surface area contributed by atoms with Crippen LogP contribution in [0.25, 0.3) is 22.3 Å². The molecule has 0 unspecified atom stereocenters. The Hall–Kier alpha value is -3.86.